The molecule has 4 rings (SSSR count). The molecule has 3 aliphatic heterocycles. The van der Waals surface area contributed by atoms with Gasteiger partial charge in [-0.2, -0.15) is 15.0 Å². The van der Waals surface area contributed by atoms with Crippen molar-refractivity contribution in [3.05, 3.63) is 0 Å². The van der Waals surface area contributed by atoms with Crippen molar-refractivity contribution in [2.75, 3.05) is 80.4 Å². The van der Waals surface area contributed by atoms with Crippen molar-refractivity contribution in [3.8, 4) is 0 Å². The molecular weight excluding hydrogens is 336 g/mol. The number of anilines is 3. The lowest BCUT2D eigenvalue weighted by Crippen LogP contribution is -2.47. The molecule has 0 N–H and O–H groups in total. The summed E-state index contributed by atoms with van der Waals surface area (Å²) in [5.41, 5.74) is 0. The van der Waals surface area contributed by atoms with E-state index in [1.165, 1.54) is 0 Å². The molecule has 0 amide bonds. The first-order chi connectivity index (χ1) is 12.7. The van der Waals surface area contributed by atoms with E-state index in [1.807, 2.05) is 0 Å². The first-order valence-corrected chi connectivity index (χ1v) is 9.51. The van der Waals surface area contributed by atoms with Crippen LogP contribution in [0.4, 0.5) is 17.8 Å². The summed E-state index contributed by atoms with van der Waals surface area (Å²) in [7, 11) is 0. The van der Waals surface area contributed by atoms with Crippen LogP contribution >= 0.6 is 0 Å². The first-order valence-electron chi connectivity index (χ1n) is 9.51. The smallest absolute Gasteiger partial charge is 0.232 e. The molecule has 1 aromatic heterocycles. The molecule has 26 heavy (non-hydrogen) atoms. The fourth-order valence-electron chi connectivity index (χ4n) is 3.64. The van der Waals surface area contributed by atoms with Gasteiger partial charge in [0.25, 0.3) is 0 Å². The molecule has 2 atom stereocenters. The lowest BCUT2D eigenvalue weighted by molar-refractivity contribution is -0.00572. The zero-order valence-electron chi connectivity index (χ0n) is 15.6. The minimum absolute atomic E-state index is 0.161. The summed E-state index contributed by atoms with van der Waals surface area (Å²) >= 11 is 0. The minimum Gasteiger partial charge on any atom is -0.378 e. The van der Waals surface area contributed by atoms with Gasteiger partial charge in [-0.15, -0.1) is 0 Å². The molecule has 144 valence electrons. The van der Waals surface area contributed by atoms with E-state index in [2.05, 4.69) is 28.5 Å². The molecule has 0 spiro atoms. The largest absolute Gasteiger partial charge is 0.378 e. The van der Waals surface area contributed by atoms with E-state index < -0.39 is 0 Å². The predicted octanol–water partition coefficient (Wildman–Crippen LogP) is 0.158. The summed E-state index contributed by atoms with van der Waals surface area (Å²) in [6, 6.07) is 0. The molecule has 4 heterocycles. The van der Waals surface area contributed by atoms with Crippen LogP contribution in [0.2, 0.25) is 0 Å². The average molecular weight is 364 g/mol. The van der Waals surface area contributed by atoms with Crippen molar-refractivity contribution >= 4 is 17.8 Å². The summed E-state index contributed by atoms with van der Waals surface area (Å²) in [5, 5.41) is 0. The Morgan fingerprint density at radius 1 is 0.654 bits per heavy atom. The van der Waals surface area contributed by atoms with Crippen molar-refractivity contribution in [1.82, 2.24) is 15.0 Å². The van der Waals surface area contributed by atoms with Crippen molar-refractivity contribution in [2.45, 2.75) is 26.1 Å². The lowest BCUT2D eigenvalue weighted by atomic mass is 10.2. The molecule has 0 aromatic carbocycles. The van der Waals surface area contributed by atoms with Gasteiger partial charge >= 0.3 is 0 Å². The fourth-order valence-corrected chi connectivity index (χ4v) is 3.64. The number of morpholine rings is 3. The van der Waals surface area contributed by atoms with E-state index in [0.29, 0.717) is 26.4 Å². The van der Waals surface area contributed by atoms with Gasteiger partial charge in [-0.3, -0.25) is 0 Å². The van der Waals surface area contributed by atoms with Gasteiger partial charge in [-0.05, 0) is 13.8 Å². The number of nitrogens with zero attached hydrogens (tertiary/aromatic N) is 6. The van der Waals surface area contributed by atoms with Gasteiger partial charge in [0.2, 0.25) is 17.8 Å². The number of aromatic nitrogens is 3. The van der Waals surface area contributed by atoms with Crippen molar-refractivity contribution in [2.24, 2.45) is 0 Å². The minimum atomic E-state index is 0.161. The summed E-state index contributed by atoms with van der Waals surface area (Å²) in [5.74, 6) is 2.23. The maximum atomic E-state index is 5.86. The van der Waals surface area contributed by atoms with E-state index in [9.17, 15) is 0 Å². The van der Waals surface area contributed by atoms with Crippen LogP contribution in [0.3, 0.4) is 0 Å². The highest BCUT2D eigenvalue weighted by molar-refractivity contribution is 5.47. The molecular formula is C17H28N6O3. The van der Waals surface area contributed by atoms with Gasteiger partial charge in [0, 0.05) is 39.3 Å². The van der Waals surface area contributed by atoms with Crippen LogP contribution in [0.1, 0.15) is 13.8 Å². The van der Waals surface area contributed by atoms with Gasteiger partial charge in [-0.25, -0.2) is 0 Å². The van der Waals surface area contributed by atoms with E-state index in [1.54, 1.807) is 0 Å². The number of rotatable bonds is 3. The normalized spacial score (nSPS) is 27.7. The SMILES string of the molecule is C[C@@H]1CN(c2nc(N3CCOCC3)nc(N3CCOCC3)n2)C[C@@H](C)O1. The third kappa shape index (κ3) is 3.99. The Labute approximate surface area is 154 Å². The number of ether oxygens (including phenoxy) is 3. The molecule has 3 saturated heterocycles. The van der Waals surface area contributed by atoms with Crippen LogP contribution in [-0.2, 0) is 14.2 Å². The van der Waals surface area contributed by atoms with Gasteiger partial charge in [-0.1, -0.05) is 0 Å². The second-order valence-corrected chi connectivity index (χ2v) is 7.10. The Kier molecular flexibility index (Phi) is 5.37. The van der Waals surface area contributed by atoms with Crippen LogP contribution in [0.5, 0.6) is 0 Å². The molecule has 9 nitrogen and oxygen atoms in total. The zero-order valence-corrected chi connectivity index (χ0v) is 15.6. The molecule has 0 aliphatic carbocycles. The molecule has 9 heteroatoms. The summed E-state index contributed by atoms with van der Waals surface area (Å²) < 4.78 is 16.8. The van der Waals surface area contributed by atoms with Crippen LogP contribution in [0, 0.1) is 0 Å². The van der Waals surface area contributed by atoms with Crippen LogP contribution < -0.4 is 14.7 Å². The highest BCUT2D eigenvalue weighted by atomic mass is 16.5. The van der Waals surface area contributed by atoms with Gasteiger partial charge in [0.05, 0.1) is 38.6 Å². The maximum Gasteiger partial charge on any atom is 0.232 e. The molecule has 1 aromatic rings. The second kappa shape index (κ2) is 7.89. The van der Waals surface area contributed by atoms with Crippen LogP contribution in [-0.4, -0.2) is 92.9 Å². The third-order valence-electron chi connectivity index (χ3n) is 4.89. The molecule has 0 unspecified atom stereocenters. The Balaban J connectivity index is 1.64. The fraction of sp³-hybridized carbons (Fsp3) is 0.824. The average Bonchev–Trinajstić information content (AvgIpc) is 2.68. The topological polar surface area (TPSA) is 76.1 Å². The monoisotopic (exact) mass is 364 g/mol. The standard InChI is InChI=1S/C17H28N6O3/c1-13-11-23(12-14(2)26-13)17-19-15(21-3-7-24-8-4-21)18-16(20-17)22-5-9-25-10-6-22/h13-14H,3-12H2,1-2H3/t13-,14-/m1/s1. The van der Waals surface area contributed by atoms with Gasteiger partial charge in [0.1, 0.15) is 0 Å². The number of hydrogen-bond acceptors (Lipinski definition) is 9. The summed E-state index contributed by atoms with van der Waals surface area (Å²) in [4.78, 5) is 21.0. The summed E-state index contributed by atoms with van der Waals surface area (Å²) in [6.45, 7) is 11.8. The molecule has 0 saturated carbocycles. The first kappa shape index (κ1) is 17.7. The Morgan fingerprint density at radius 2 is 1.04 bits per heavy atom. The Hall–Kier alpha value is -1.71. The second-order valence-electron chi connectivity index (χ2n) is 7.10. The highest BCUT2D eigenvalue weighted by Crippen LogP contribution is 2.23. The maximum absolute atomic E-state index is 5.86. The zero-order chi connectivity index (χ0) is 17.9. The van der Waals surface area contributed by atoms with E-state index >= 15 is 0 Å². The van der Waals surface area contributed by atoms with Crippen LogP contribution in [0.25, 0.3) is 0 Å². The number of hydrogen-bond donors (Lipinski definition) is 0. The quantitative estimate of drug-likeness (QED) is 0.745. The molecule has 0 bridgehead atoms. The molecule has 3 aliphatic rings. The van der Waals surface area contributed by atoms with Crippen LogP contribution in [0.15, 0.2) is 0 Å². The van der Waals surface area contributed by atoms with E-state index in [0.717, 1.165) is 57.1 Å². The van der Waals surface area contributed by atoms with Crippen molar-refractivity contribution < 1.29 is 14.2 Å². The summed E-state index contributed by atoms with van der Waals surface area (Å²) in [6.07, 6.45) is 0.323. The van der Waals surface area contributed by atoms with Gasteiger partial charge in [0.15, 0.2) is 0 Å². The Bertz CT molecular complexity index is 560. The Morgan fingerprint density at radius 3 is 1.46 bits per heavy atom. The van der Waals surface area contributed by atoms with Gasteiger partial charge < -0.3 is 28.9 Å². The lowest BCUT2D eigenvalue weighted by Gasteiger charge is -2.36. The van der Waals surface area contributed by atoms with E-state index in [-0.39, 0.29) is 12.2 Å². The third-order valence-corrected chi connectivity index (χ3v) is 4.89. The van der Waals surface area contributed by atoms with Crippen molar-refractivity contribution in [1.29, 1.82) is 0 Å². The molecule has 0 radical (unpaired) electrons. The molecule has 3 fully saturated rings. The predicted molar refractivity (Wildman–Crippen MR) is 98.1 cm³/mol. The van der Waals surface area contributed by atoms with Crippen molar-refractivity contribution in [3.63, 3.8) is 0 Å². The van der Waals surface area contributed by atoms with E-state index in [4.69, 9.17) is 29.2 Å². The highest BCUT2D eigenvalue weighted by Gasteiger charge is 2.27.